The largest absolute Gasteiger partial charge is 0.475 e. The molecule has 1 aromatic rings. The van der Waals surface area contributed by atoms with Crippen molar-refractivity contribution in [3.8, 4) is 5.88 Å². The molecule has 0 saturated carbocycles. The minimum atomic E-state index is -0.494. The lowest BCUT2D eigenvalue weighted by atomic mass is 10.2. The summed E-state index contributed by atoms with van der Waals surface area (Å²) in [5.74, 6) is 0.643. The average Bonchev–Trinajstić information content (AvgIpc) is 2.38. The molecule has 1 heterocycles. The van der Waals surface area contributed by atoms with Gasteiger partial charge in [-0.2, -0.15) is 0 Å². The molecule has 1 aromatic heterocycles. The summed E-state index contributed by atoms with van der Waals surface area (Å²) in [4.78, 5) is 4.22. The van der Waals surface area contributed by atoms with E-state index in [0.717, 1.165) is 5.56 Å². The predicted octanol–water partition coefficient (Wildman–Crippen LogP) is 1.36. The number of aliphatic hydroxyl groups is 1. The highest BCUT2D eigenvalue weighted by atomic mass is 16.5. The number of nitrogens with zero attached hydrogens (tertiary/aromatic N) is 1. The minimum absolute atomic E-state index is 0.0946. The third-order valence-corrected chi connectivity index (χ3v) is 2.41. The number of rotatable bonds is 9. The van der Waals surface area contributed by atoms with E-state index in [1.807, 2.05) is 32.9 Å². The van der Waals surface area contributed by atoms with Crippen LogP contribution in [-0.2, 0) is 11.3 Å². The van der Waals surface area contributed by atoms with Gasteiger partial charge in [-0.15, -0.1) is 0 Å². The highest BCUT2D eigenvalue weighted by molar-refractivity contribution is 5.25. The fourth-order valence-corrected chi connectivity index (χ4v) is 1.57. The topological polar surface area (TPSA) is 63.6 Å². The minimum Gasteiger partial charge on any atom is -0.475 e. The van der Waals surface area contributed by atoms with Gasteiger partial charge in [-0.3, -0.25) is 0 Å². The second-order valence-electron chi connectivity index (χ2n) is 4.58. The average molecular weight is 268 g/mol. The van der Waals surface area contributed by atoms with E-state index in [2.05, 4.69) is 10.3 Å². The molecule has 0 aliphatic rings. The van der Waals surface area contributed by atoms with Crippen LogP contribution in [0.2, 0.25) is 0 Å². The molecule has 2 N–H and O–H groups in total. The van der Waals surface area contributed by atoms with E-state index in [4.69, 9.17) is 9.47 Å². The number of hydrogen-bond donors (Lipinski definition) is 2. The molecule has 0 fully saturated rings. The summed E-state index contributed by atoms with van der Waals surface area (Å²) in [5, 5.41) is 12.8. The first-order chi connectivity index (χ1) is 9.13. The summed E-state index contributed by atoms with van der Waals surface area (Å²) in [5.41, 5.74) is 0.986. The molecule has 108 valence electrons. The van der Waals surface area contributed by atoms with Crippen LogP contribution in [0.15, 0.2) is 18.3 Å². The Kier molecular flexibility index (Phi) is 7.40. The number of aromatic nitrogens is 1. The normalized spacial score (nSPS) is 12.7. The molecule has 0 saturated heterocycles. The SMILES string of the molecule is CCOCC(O)CNCc1cccnc1OC(C)C. The van der Waals surface area contributed by atoms with Crippen LogP contribution in [0.5, 0.6) is 5.88 Å². The van der Waals surface area contributed by atoms with Gasteiger partial charge in [0, 0.05) is 31.5 Å². The smallest absolute Gasteiger partial charge is 0.218 e. The molecule has 0 aromatic carbocycles. The van der Waals surface area contributed by atoms with Gasteiger partial charge in [0.25, 0.3) is 0 Å². The van der Waals surface area contributed by atoms with Crippen LogP contribution < -0.4 is 10.1 Å². The second kappa shape index (κ2) is 8.85. The predicted molar refractivity (Wildman–Crippen MR) is 74.2 cm³/mol. The Morgan fingerprint density at radius 1 is 1.42 bits per heavy atom. The van der Waals surface area contributed by atoms with E-state index in [-0.39, 0.29) is 6.10 Å². The van der Waals surface area contributed by atoms with E-state index < -0.39 is 6.10 Å². The highest BCUT2D eigenvalue weighted by Crippen LogP contribution is 2.15. The fraction of sp³-hybridized carbons (Fsp3) is 0.643. The molecular weight excluding hydrogens is 244 g/mol. The molecule has 0 aliphatic carbocycles. The number of pyridine rings is 1. The molecule has 19 heavy (non-hydrogen) atoms. The summed E-state index contributed by atoms with van der Waals surface area (Å²) in [7, 11) is 0. The van der Waals surface area contributed by atoms with Gasteiger partial charge in [0.1, 0.15) is 0 Å². The number of hydrogen-bond acceptors (Lipinski definition) is 5. The van der Waals surface area contributed by atoms with E-state index >= 15 is 0 Å². The van der Waals surface area contributed by atoms with Crippen LogP contribution in [0.3, 0.4) is 0 Å². The van der Waals surface area contributed by atoms with E-state index in [1.54, 1.807) is 6.20 Å². The van der Waals surface area contributed by atoms with Gasteiger partial charge in [-0.1, -0.05) is 6.07 Å². The van der Waals surface area contributed by atoms with Gasteiger partial charge in [0.15, 0.2) is 0 Å². The van der Waals surface area contributed by atoms with Crippen LogP contribution in [0.1, 0.15) is 26.3 Å². The third-order valence-electron chi connectivity index (χ3n) is 2.41. The zero-order valence-electron chi connectivity index (χ0n) is 11.9. The van der Waals surface area contributed by atoms with Crippen molar-refractivity contribution >= 4 is 0 Å². The molecular formula is C14H24N2O3. The van der Waals surface area contributed by atoms with Gasteiger partial charge >= 0.3 is 0 Å². The lowest BCUT2D eigenvalue weighted by Crippen LogP contribution is -2.30. The van der Waals surface area contributed by atoms with Crippen molar-refractivity contribution in [3.63, 3.8) is 0 Å². The molecule has 0 amide bonds. The Balaban J connectivity index is 2.40. The lowest BCUT2D eigenvalue weighted by Gasteiger charge is -2.15. The maximum atomic E-state index is 9.64. The summed E-state index contributed by atoms with van der Waals surface area (Å²) in [6.45, 7) is 7.91. The fourth-order valence-electron chi connectivity index (χ4n) is 1.57. The quantitative estimate of drug-likeness (QED) is 0.708. The maximum absolute atomic E-state index is 9.64. The van der Waals surface area contributed by atoms with Crippen molar-refractivity contribution in [2.24, 2.45) is 0 Å². The van der Waals surface area contributed by atoms with Crippen molar-refractivity contribution in [2.75, 3.05) is 19.8 Å². The first kappa shape index (κ1) is 15.9. The molecule has 1 unspecified atom stereocenters. The molecule has 1 rings (SSSR count). The van der Waals surface area contributed by atoms with Crippen molar-refractivity contribution in [1.82, 2.24) is 10.3 Å². The number of ether oxygens (including phenoxy) is 2. The van der Waals surface area contributed by atoms with Crippen LogP contribution in [0, 0.1) is 0 Å². The summed E-state index contributed by atoms with van der Waals surface area (Å²) >= 11 is 0. The van der Waals surface area contributed by atoms with E-state index in [1.165, 1.54) is 0 Å². The van der Waals surface area contributed by atoms with Crippen LogP contribution >= 0.6 is 0 Å². The van der Waals surface area contributed by atoms with Crippen molar-refractivity contribution in [3.05, 3.63) is 23.9 Å². The van der Waals surface area contributed by atoms with Gasteiger partial charge in [0.05, 0.1) is 18.8 Å². The lowest BCUT2D eigenvalue weighted by molar-refractivity contribution is 0.0427. The maximum Gasteiger partial charge on any atom is 0.218 e. The Morgan fingerprint density at radius 3 is 2.89 bits per heavy atom. The Morgan fingerprint density at radius 2 is 2.21 bits per heavy atom. The monoisotopic (exact) mass is 268 g/mol. The molecule has 0 bridgehead atoms. The molecule has 5 nitrogen and oxygen atoms in total. The van der Waals surface area contributed by atoms with Crippen LogP contribution in [0.25, 0.3) is 0 Å². The summed E-state index contributed by atoms with van der Waals surface area (Å²) in [6.07, 6.45) is 1.31. The van der Waals surface area contributed by atoms with Crippen LogP contribution in [0.4, 0.5) is 0 Å². The number of aliphatic hydroxyl groups excluding tert-OH is 1. The standard InChI is InChI=1S/C14H24N2O3/c1-4-18-10-13(17)9-15-8-12-6-5-7-16-14(12)19-11(2)3/h5-7,11,13,15,17H,4,8-10H2,1-3H3. The Labute approximate surface area is 115 Å². The van der Waals surface area contributed by atoms with Gasteiger partial charge in [0.2, 0.25) is 5.88 Å². The third kappa shape index (κ3) is 6.52. The number of nitrogens with one attached hydrogen (secondary N) is 1. The first-order valence-electron chi connectivity index (χ1n) is 6.70. The van der Waals surface area contributed by atoms with Gasteiger partial charge in [-0.05, 0) is 26.8 Å². The van der Waals surface area contributed by atoms with Crippen LogP contribution in [-0.4, -0.2) is 42.1 Å². The van der Waals surface area contributed by atoms with Gasteiger partial charge < -0.3 is 19.9 Å². The molecule has 0 radical (unpaired) electrons. The van der Waals surface area contributed by atoms with E-state index in [9.17, 15) is 5.11 Å². The summed E-state index contributed by atoms with van der Waals surface area (Å²) < 4.78 is 10.8. The highest BCUT2D eigenvalue weighted by Gasteiger charge is 2.08. The summed E-state index contributed by atoms with van der Waals surface area (Å²) in [6, 6.07) is 3.84. The Hall–Kier alpha value is -1.17. The van der Waals surface area contributed by atoms with Crippen molar-refractivity contribution in [1.29, 1.82) is 0 Å². The van der Waals surface area contributed by atoms with Crippen molar-refractivity contribution in [2.45, 2.75) is 39.5 Å². The molecule has 5 heteroatoms. The molecule has 1 atom stereocenters. The molecule has 0 spiro atoms. The van der Waals surface area contributed by atoms with Gasteiger partial charge in [-0.25, -0.2) is 4.98 Å². The molecule has 0 aliphatic heterocycles. The zero-order valence-corrected chi connectivity index (χ0v) is 11.9. The zero-order chi connectivity index (χ0) is 14.1. The Bertz CT molecular complexity index is 358. The van der Waals surface area contributed by atoms with Crippen molar-refractivity contribution < 1.29 is 14.6 Å². The first-order valence-corrected chi connectivity index (χ1v) is 6.70. The van der Waals surface area contributed by atoms with E-state index in [0.29, 0.717) is 32.2 Å². The second-order valence-corrected chi connectivity index (χ2v) is 4.58.